The molecule has 50 heavy (non-hydrogen) atoms. The summed E-state index contributed by atoms with van der Waals surface area (Å²) in [6, 6.07) is 57.8. The van der Waals surface area contributed by atoms with Crippen molar-refractivity contribution in [2.24, 2.45) is 0 Å². The molecule has 1 aliphatic carbocycles. The normalized spacial score (nSPS) is 13.3. The van der Waals surface area contributed by atoms with E-state index in [4.69, 9.17) is 19.9 Å². The van der Waals surface area contributed by atoms with Crippen molar-refractivity contribution in [3.05, 3.63) is 192 Å². The van der Waals surface area contributed by atoms with Crippen LogP contribution >= 0.6 is 11.8 Å². The third kappa shape index (κ3) is 4.40. The Bertz CT molecular complexity index is 2460. The van der Waals surface area contributed by atoms with Gasteiger partial charge in [0.15, 0.2) is 17.5 Å². The summed E-state index contributed by atoms with van der Waals surface area (Å²) >= 11 is 1.85. The van der Waals surface area contributed by atoms with Gasteiger partial charge in [-0.2, -0.15) is 0 Å². The summed E-state index contributed by atoms with van der Waals surface area (Å²) in [6.07, 6.45) is 1.88. The van der Waals surface area contributed by atoms with Gasteiger partial charge in [-0.1, -0.05) is 151 Å². The van der Waals surface area contributed by atoms with Gasteiger partial charge in [0.1, 0.15) is 0 Å². The topological polar surface area (TPSA) is 51.6 Å². The highest BCUT2D eigenvalue weighted by molar-refractivity contribution is 7.99. The van der Waals surface area contributed by atoms with Crippen molar-refractivity contribution >= 4 is 11.8 Å². The van der Waals surface area contributed by atoms with E-state index in [1.807, 2.05) is 78.6 Å². The lowest BCUT2D eigenvalue weighted by molar-refractivity contribution is 0.722. The second-order valence-electron chi connectivity index (χ2n) is 12.6. The molecule has 10 rings (SSSR count). The molecule has 0 N–H and O–H groups in total. The standard InChI is InChI=1S/C45H28N4S/c1-3-13-29(14-4-1)42-47-43(30-15-5-2-6-16-30)49-44(48-42)32-24-26-39(46-28-32)31-23-25-38-41(27-31)50-40-22-12-11-21-37(40)45(38)35-19-9-7-17-33(35)34-18-8-10-20-36(34)45/h1-28H. The minimum absolute atomic E-state index is 0.383. The van der Waals surface area contributed by atoms with E-state index >= 15 is 0 Å². The van der Waals surface area contributed by atoms with Crippen LogP contribution < -0.4 is 0 Å². The van der Waals surface area contributed by atoms with Gasteiger partial charge in [-0.25, -0.2) is 15.0 Å². The average molecular weight is 657 g/mol. The molecule has 5 heteroatoms. The molecule has 1 spiro atoms. The Morgan fingerprint density at radius 1 is 0.380 bits per heavy atom. The number of rotatable bonds is 4. The molecule has 8 aromatic rings. The zero-order valence-corrected chi connectivity index (χ0v) is 27.7. The number of hydrogen-bond donors (Lipinski definition) is 0. The van der Waals surface area contributed by atoms with Crippen LogP contribution in [0.15, 0.2) is 180 Å². The van der Waals surface area contributed by atoms with Crippen LogP contribution in [0.25, 0.3) is 56.5 Å². The van der Waals surface area contributed by atoms with Gasteiger partial charge >= 0.3 is 0 Å². The Morgan fingerprint density at radius 2 is 0.880 bits per heavy atom. The van der Waals surface area contributed by atoms with Crippen molar-refractivity contribution in [3.8, 4) is 56.5 Å². The fourth-order valence-electron chi connectivity index (χ4n) is 7.65. The highest BCUT2D eigenvalue weighted by Gasteiger charge is 2.50. The molecule has 0 atom stereocenters. The highest BCUT2D eigenvalue weighted by atomic mass is 32.2. The molecule has 0 amide bonds. The van der Waals surface area contributed by atoms with E-state index in [1.165, 1.54) is 43.2 Å². The molecule has 0 saturated heterocycles. The van der Waals surface area contributed by atoms with Crippen LogP contribution in [0.4, 0.5) is 0 Å². The van der Waals surface area contributed by atoms with Crippen LogP contribution in [0, 0.1) is 0 Å². The first kappa shape index (κ1) is 28.8. The number of pyridine rings is 1. The molecule has 3 heterocycles. The first-order valence-electron chi connectivity index (χ1n) is 16.7. The molecule has 0 unspecified atom stereocenters. The molecule has 0 bridgehead atoms. The minimum atomic E-state index is -0.383. The van der Waals surface area contributed by atoms with E-state index in [1.54, 1.807) is 0 Å². The fraction of sp³-hybridized carbons (Fsp3) is 0.0222. The van der Waals surface area contributed by atoms with Crippen molar-refractivity contribution in [1.82, 2.24) is 19.9 Å². The smallest absolute Gasteiger partial charge is 0.165 e. The second kappa shape index (κ2) is 11.5. The summed E-state index contributed by atoms with van der Waals surface area (Å²) in [5.41, 5.74) is 12.3. The number of hydrogen-bond acceptors (Lipinski definition) is 5. The second-order valence-corrected chi connectivity index (χ2v) is 13.7. The molecule has 0 fully saturated rings. The number of fused-ring (bicyclic) bond motifs is 9. The van der Waals surface area contributed by atoms with Crippen molar-refractivity contribution < 1.29 is 0 Å². The molecule has 234 valence electrons. The maximum Gasteiger partial charge on any atom is 0.165 e. The summed E-state index contributed by atoms with van der Waals surface area (Å²) in [4.78, 5) is 22.1. The zero-order valence-electron chi connectivity index (χ0n) is 26.9. The van der Waals surface area contributed by atoms with Crippen LogP contribution in [0.5, 0.6) is 0 Å². The molecular formula is C45H28N4S. The van der Waals surface area contributed by atoms with Gasteiger partial charge in [0, 0.05) is 38.2 Å². The Labute approximate surface area is 294 Å². The van der Waals surface area contributed by atoms with E-state index in [0.29, 0.717) is 17.5 Å². The first-order chi connectivity index (χ1) is 24.8. The molecule has 0 radical (unpaired) electrons. The molecule has 0 saturated carbocycles. The van der Waals surface area contributed by atoms with Crippen molar-refractivity contribution in [3.63, 3.8) is 0 Å². The SMILES string of the molecule is c1ccc(-c2nc(-c3ccccc3)nc(-c3ccc(-c4ccc5c(c4)Sc4ccccc4C54c5ccccc5-c5ccccc54)nc3)n2)cc1. The Balaban J connectivity index is 1.08. The molecule has 2 aromatic heterocycles. The fourth-order valence-corrected chi connectivity index (χ4v) is 8.89. The molecule has 4 nitrogen and oxygen atoms in total. The molecule has 1 aliphatic heterocycles. The molecule has 6 aromatic carbocycles. The number of aromatic nitrogens is 4. The maximum absolute atomic E-state index is 4.97. The van der Waals surface area contributed by atoms with Gasteiger partial charge in [-0.3, -0.25) is 4.98 Å². The van der Waals surface area contributed by atoms with Crippen LogP contribution in [0.1, 0.15) is 22.3 Å². The predicted octanol–water partition coefficient (Wildman–Crippen LogP) is 10.8. The van der Waals surface area contributed by atoms with Gasteiger partial charge in [-0.05, 0) is 57.6 Å². The predicted molar refractivity (Wildman–Crippen MR) is 201 cm³/mol. The monoisotopic (exact) mass is 656 g/mol. The number of benzene rings is 6. The van der Waals surface area contributed by atoms with Gasteiger partial charge in [0.25, 0.3) is 0 Å². The summed E-state index contributed by atoms with van der Waals surface area (Å²) < 4.78 is 0. The summed E-state index contributed by atoms with van der Waals surface area (Å²) in [5, 5.41) is 0. The lowest BCUT2D eigenvalue weighted by atomic mass is 9.67. The van der Waals surface area contributed by atoms with Gasteiger partial charge in [0.2, 0.25) is 0 Å². The summed E-state index contributed by atoms with van der Waals surface area (Å²) in [5.74, 6) is 1.86. The summed E-state index contributed by atoms with van der Waals surface area (Å²) in [6.45, 7) is 0. The van der Waals surface area contributed by atoms with E-state index < -0.39 is 0 Å². The quantitative estimate of drug-likeness (QED) is 0.189. The largest absolute Gasteiger partial charge is 0.255 e. The maximum atomic E-state index is 4.97. The lowest BCUT2D eigenvalue weighted by Gasteiger charge is -2.39. The molecular weight excluding hydrogens is 629 g/mol. The number of nitrogens with zero attached hydrogens (tertiary/aromatic N) is 4. The Morgan fingerprint density at radius 3 is 1.48 bits per heavy atom. The van der Waals surface area contributed by atoms with Gasteiger partial charge in [-0.15, -0.1) is 0 Å². The van der Waals surface area contributed by atoms with Crippen molar-refractivity contribution in [2.45, 2.75) is 15.2 Å². The minimum Gasteiger partial charge on any atom is -0.255 e. The van der Waals surface area contributed by atoms with E-state index in [9.17, 15) is 0 Å². The Kier molecular flexibility index (Phi) is 6.61. The third-order valence-corrected chi connectivity index (χ3v) is 11.0. The van der Waals surface area contributed by atoms with E-state index in [0.717, 1.165) is 27.9 Å². The van der Waals surface area contributed by atoms with E-state index in [2.05, 4.69) is 103 Å². The van der Waals surface area contributed by atoms with Crippen LogP contribution in [0.3, 0.4) is 0 Å². The molecule has 2 aliphatic rings. The third-order valence-electron chi connectivity index (χ3n) is 9.87. The van der Waals surface area contributed by atoms with Crippen LogP contribution in [-0.2, 0) is 5.41 Å². The summed E-state index contributed by atoms with van der Waals surface area (Å²) in [7, 11) is 0. The van der Waals surface area contributed by atoms with Crippen LogP contribution in [-0.4, -0.2) is 19.9 Å². The average Bonchev–Trinajstić information content (AvgIpc) is 3.49. The van der Waals surface area contributed by atoms with Gasteiger partial charge in [0.05, 0.1) is 11.1 Å². The first-order valence-corrected chi connectivity index (χ1v) is 17.5. The lowest BCUT2D eigenvalue weighted by Crippen LogP contribution is -2.31. The van der Waals surface area contributed by atoms with Crippen molar-refractivity contribution in [2.75, 3.05) is 0 Å². The van der Waals surface area contributed by atoms with E-state index in [-0.39, 0.29) is 5.41 Å². The Hall–Kier alpha value is -6.17. The highest BCUT2D eigenvalue weighted by Crippen LogP contribution is 2.62. The van der Waals surface area contributed by atoms with Gasteiger partial charge < -0.3 is 0 Å². The van der Waals surface area contributed by atoms with Crippen molar-refractivity contribution in [1.29, 1.82) is 0 Å². The van der Waals surface area contributed by atoms with Crippen LogP contribution in [0.2, 0.25) is 0 Å². The zero-order chi connectivity index (χ0) is 33.1.